The Morgan fingerprint density at radius 3 is 2.53 bits per heavy atom. The molecule has 0 aliphatic rings. The first kappa shape index (κ1) is 15.8. The van der Waals surface area contributed by atoms with Gasteiger partial charge >= 0.3 is 0 Å². The number of hydrogen-bond acceptors (Lipinski definition) is 4. The first-order valence-corrected chi connectivity index (χ1v) is 7.85. The third-order valence-corrected chi connectivity index (χ3v) is 5.53. The maximum absolute atomic E-state index is 11.9. The van der Waals surface area contributed by atoms with Gasteiger partial charge in [0.05, 0.1) is 21.0 Å². The number of nitrogens with two attached hydrogens (primary N) is 1. The Kier molecular flexibility index (Phi) is 4.47. The maximum Gasteiger partial charge on any atom is 0.252 e. The number of nitrogen functional groups attached to an aromatic ring is 1. The summed E-state index contributed by atoms with van der Waals surface area (Å²) in [6.45, 7) is 3.09. The van der Waals surface area contributed by atoms with E-state index in [0.29, 0.717) is 5.69 Å². The van der Waals surface area contributed by atoms with Crippen molar-refractivity contribution in [2.45, 2.75) is 18.6 Å². The average molecular weight is 305 g/mol. The lowest BCUT2D eigenvalue weighted by Gasteiger charge is -2.22. The Morgan fingerprint density at radius 1 is 1.42 bits per heavy atom. The standard InChI is InChI=1S/C12H17ClN2O3S/c1-12(2,19(3,17)18)7-15-11(16)8-5-4-6-9(14)10(8)13/h4-6H,7,14H2,1-3H3,(H,15,16). The van der Waals surface area contributed by atoms with Crippen LogP contribution in [-0.2, 0) is 9.84 Å². The number of rotatable bonds is 4. The van der Waals surface area contributed by atoms with Gasteiger partial charge in [-0.2, -0.15) is 0 Å². The fourth-order valence-electron chi connectivity index (χ4n) is 1.24. The van der Waals surface area contributed by atoms with Gasteiger partial charge < -0.3 is 11.1 Å². The van der Waals surface area contributed by atoms with Crippen molar-refractivity contribution in [1.29, 1.82) is 0 Å². The molecule has 19 heavy (non-hydrogen) atoms. The number of carbonyl (C=O) groups is 1. The summed E-state index contributed by atoms with van der Waals surface area (Å²) in [6, 6.07) is 4.72. The van der Waals surface area contributed by atoms with Gasteiger partial charge in [-0.1, -0.05) is 17.7 Å². The fourth-order valence-corrected chi connectivity index (χ4v) is 1.79. The molecule has 0 spiro atoms. The van der Waals surface area contributed by atoms with Gasteiger partial charge in [-0.15, -0.1) is 0 Å². The van der Waals surface area contributed by atoms with Crippen molar-refractivity contribution < 1.29 is 13.2 Å². The SMILES string of the molecule is CC(C)(CNC(=O)c1cccc(N)c1Cl)S(C)(=O)=O. The minimum atomic E-state index is -3.27. The normalized spacial score (nSPS) is 12.2. The molecule has 1 aromatic carbocycles. The predicted octanol–water partition coefficient (Wildman–Crippen LogP) is 1.48. The zero-order valence-corrected chi connectivity index (χ0v) is 12.6. The molecule has 106 valence electrons. The molecule has 5 nitrogen and oxygen atoms in total. The highest BCUT2D eigenvalue weighted by Crippen LogP contribution is 2.23. The van der Waals surface area contributed by atoms with E-state index in [1.807, 2.05) is 0 Å². The van der Waals surface area contributed by atoms with E-state index >= 15 is 0 Å². The highest BCUT2D eigenvalue weighted by molar-refractivity contribution is 7.92. The second-order valence-electron chi connectivity index (χ2n) is 4.92. The van der Waals surface area contributed by atoms with Gasteiger partial charge in [0.15, 0.2) is 9.84 Å². The molecule has 0 saturated heterocycles. The molecule has 0 radical (unpaired) electrons. The van der Waals surface area contributed by atoms with E-state index in [0.717, 1.165) is 6.26 Å². The number of anilines is 1. The van der Waals surface area contributed by atoms with Gasteiger partial charge in [-0.25, -0.2) is 8.42 Å². The molecule has 1 amide bonds. The van der Waals surface area contributed by atoms with Crippen molar-refractivity contribution in [2.24, 2.45) is 0 Å². The largest absolute Gasteiger partial charge is 0.398 e. The Morgan fingerprint density at radius 2 is 2.00 bits per heavy atom. The van der Waals surface area contributed by atoms with E-state index in [4.69, 9.17) is 17.3 Å². The minimum absolute atomic E-state index is 0.00417. The summed E-state index contributed by atoms with van der Waals surface area (Å²) >= 11 is 5.92. The molecule has 1 aromatic rings. The zero-order valence-electron chi connectivity index (χ0n) is 11.0. The van der Waals surface area contributed by atoms with Gasteiger partial charge in [-0.3, -0.25) is 4.79 Å². The highest BCUT2D eigenvalue weighted by Gasteiger charge is 2.30. The summed E-state index contributed by atoms with van der Waals surface area (Å²) in [4.78, 5) is 11.9. The lowest BCUT2D eigenvalue weighted by atomic mass is 10.1. The molecule has 0 unspecified atom stereocenters. The van der Waals surface area contributed by atoms with Crippen molar-refractivity contribution in [3.63, 3.8) is 0 Å². The van der Waals surface area contributed by atoms with Gasteiger partial charge in [0.2, 0.25) is 0 Å². The number of benzene rings is 1. The van der Waals surface area contributed by atoms with Gasteiger partial charge in [0.1, 0.15) is 0 Å². The third kappa shape index (κ3) is 3.61. The molecule has 0 aliphatic heterocycles. The maximum atomic E-state index is 11.9. The lowest BCUT2D eigenvalue weighted by molar-refractivity contribution is 0.0950. The van der Waals surface area contributed by atoms with E-state index in [2.05, 4.69) is 5.32 Å². The summed E-state index contributed by atoms with van der Waals surface area (Å²) in [5.41, 5.74) is 6.13. The van der Waals surface area contributed by atoms with Gasteiger partial charge in [0, 0.05) is 12.8 Å². The molecule has 3 N–H and O–H groups in total. The molecular weight excluding hydrogens is 288 g/mol. The van der Waals surface area contributed by atoms with Crippen molar-refractivity contribution in [1.82, 2.24) is 5.32 Å². The number of hydrogen-bond donors (Lipinski definition) is 2. The minimum Gasteiger partial charge on any atom is -0.398 e. The van der Waals surface area contributed by atoms with Crippen molar-refractivity contribution in [3.8, 4) is 0 Å². The van der Waals surface area contributed by atoms with Crippen LogP contribution in [0.4, 0.5) is 5.69 Å². The van der Waals surface area contributed by atoms with Crippen LogP contribution in [0.15, 0.2) is 18.2 Å². The summed E-state index contributed by atoms with van der Waals surface area (Å²) in [7, 11) is -3.27. The first-order chi connectivity index (χ1) is 8.56. The van der Waals surface area contributed by atoms with Crippen molar-refractivity contribution in [3.05, 3.63) is 28.8 Å². The number of carbonyl (C=O) groups excluding carboxylic acids is 1. The molecule has 7 heteroatoms. The summed E-state index contributed by atoms with van der Waals surface area (Å²) in [5.74, 6) is -0.450. The fraction of sp³-hybridized carbons (Fsp3) is 0.417. The van der Waals surface area contributed by atoms with E-state index in [9.17, 15) is 13.2 Å². The van der Waals surface area contributed by atoms with Crippen LogP contribution in [-0.4, -0.2) is 31.9 Å². The highest BCUT2D eigenvalue weighted by atomic mass is 35.5. The summed E-state index contributed by atoms with van der Waals surface area (Å²) in [6.07, 6.45) is 1.13. The van der Waals surface area contributed by atoms with Crippen LogP contribution >= 0.6 is 11.6 Å². The third-order valence-electron chi connectivity index (χ3n) is 2.95. The zero-order chi connectivity index (χ0) is 14.8. The molecule has 0 atom stereocenters. The number of amides is 1. The Balaban J connectivity index is 2.85. The number of nitrogens with one attached hydrogen (secondary N) is 1. The van der Waals surface area contributed by atoms with Crippen LogP contribution in [0.3, 0.4) is 0 Å². The molecule has 0 aromatic heterocycles. The van der Waals surface area contributed by atoms with Crippen LogP contribution < -0.4 is 11.1 Å². The quantitative estimate of drug-likeness (QED) is 0.824. The smallest absolute Gasteiger partial charge is 0.252 e. The van der Waals surface area contributed by atoms with Crippen LogP contribution in [0.5, 0.6) is 0 Å². The van der Waals surface area contributed by atoms with Crippen molar-refractivity contribution >= 4 is 33.0 Å². The topological polar surface area (TPSA) is 89.3 Å². The molecule has 0 saturated carbocycles. The second-order valence-corrected chi connectivity index (χ2v) is 7.95. The Hall–Kier alpha value is -1.27. The van der Waals surface area contributed by atoms with Crippen LogP contribution in [0.1, 0.15) is 24.2 Å². The average Bonchev–Trinajstić information content (AvgIpc) is 2.28. The monoisotopic (exact) mass is 304 g/mol. The number of halogens is 1. The summed E-state index contributed by atoms with van der Waals surface area (Å²) in [5, 5.41) is 2.72. The number of sulfone groups is 1. The molecule has 0 heterocycles. The van der Waals surface area contributed by atoms with E-state index in [-0.39, 0.29) is 17.1 Å². The van der Waals surface area contributed by atoms with Crippen LogP contribution in [0, 0.1) is 0 Å². The molecule has 0 aliphatic carbocycles. The summed E-state index contributed by atoms with van der Waals surface area (Å²) < 4.78 is 22.0. The molecule has 0 bridgehead atoms. The van der Waals surface area contributed by atoms with Crippen molar-refractivity contribution in [2.75, 3.05) is 18.5 Å². The van der Waals surface area contributed by atoms with Gasteiger partial charge in [-0.05, 0) is 26.0 Å². The van der Waals surface area contributed by atoms with E-state index in [1.165, 1.54) is 6.07 Å². The van der Waals surface area contributed by atoms with E-state index in [1.54, 1.807) is 26.0 Å². The molecule has 1 rings (SSSR count). The molecular formula is C12H17ClN2O3S. The lowest BCUT2D eigenvalue weighted by Crippen LogP contribution is -2.43. The van der Waals surface area contributed by atoms with Crippen LogP contribution in [0.2, 0.25) is 5.02 Å². The second kappa shape index (κ2) is 5.38. The van der Waals surface area contributed by atoms with Crippen LogP contribution in [0.25, 0.3) is 0 Å². The van der Waals surface area contributed by atoms with E-state index < -0.39 is 20.5 Å². The predicted molar refractivity (Wildman–Crippen MR) is 77.1 cm³/mol. The molecule has 0 fully saturated rings. The Labute approximate surface area is 118 Å². The first-order valence-electron chi connectivity index (χ1n) is 5.58. The Bertz CT molecular complexity index is 597. The van der Waals surface area contributed by atoms with Gasteiger partial charge in [0.25, 0.3) is 5.91 Å².